The van der Waals surface area contributed by atoms with Crippen LogP contribution >= 0.6 is 0 Å². The van der Waals surface area contributed by atoms with Gasteiger partial charge < -0.3 is 0 Å². The topological polar surface area (TPSA) is 133 Å². The first kappa shape index (κ1) is 18.1. The number of halogens is 1. The summed E-state index contributed by atoms with van der Waals surface area (Å²) in [6.07, 6.45) is 1.92. The molecule has 0 aliphatic carbocycles. The average molecular weight is 327 g/mol. The lowest BCUT2D eigenvalue weighted by atomic mass is 10.1. The van der Waals surface area contributed by atoms with Gasteiger partial charge in [-0.05, 0) is 29.0 Å². The van der Waals surface area contributed by atoms with E-state index >= 15 is 0 Å². The summed E-state index contributed by atoms with van der Waals surface area (Å²) in [7, 11) is -4.94. The third kappa shape index (κ3) is 6.22. The van der Waals surface area contributed by atoms with E-state index in [0.717, 1.165) is 11.3 Å². The van der Waals surface area contributed by atoms with Crippen LogP contribution in [0.2, 0.25) is 0 Å². The van der Waals surface area contributed by atoms with Crippen LogP contribution in [-0.4, -0.2) is 0 Å². The fraction of sp³-hybridized carbons (Fsp3) is 0.286. The van der Waals surface area contributed by atoms with Crippen molar-refractivity contribution in [3.05, 3.63) is 42.1 Å². The molecule has 1 aromatic heterocycles. The summed E-state index contributed by atoms with van der Waals surface area (Å²) >= 11 is 0. The highest BCUT2D eigenvalue weighted by Crippen LogP contribution is 2.19. The van der Waals surface area contributed by atoms with Gasteiger partial charge in [-0.15, -0.1) is 10.2 Å². The first-order valence-corrected chi connectivity index (χ1v) is 7.39. The van der Waals surface area contributed by atoms with E-state index in [9.17, 15) is 0 Å². The summed E-state index contributed by atoms with van der Waals surface area (Å²) < 4.78 is 41.5. The minimum atomic E-state index is -4.94. The van der Waals surface area contributed by atoms with Crippen molar-refractivity contribution in [3.8, 4) is 17.4 Å². The van der Waals surface area contributed by atoms with Crippen LogP contribution in [0.4, 0.5) is 0 Å². The molecule has 8 heteroatoms. The van der Waals surface area contributed by atoms with Gasteiger partial charge in [-0.25, -0.2) is 23.2 Å². The van der Waals surface area contributed by atoms with Crippen LogP contribution in [0, 0.1) is 21.6 Å². The Balaban J connectivity index is 0.000000422. The van der Waals surface area contributed by atoms with Gasteiger partial charge in [-0.1, -0.05) is 0 Å². The van der Waals surface area contributed by atoms with Crippen molar-refractivity contribution < 1.29 is 38.1 Å². The maximum atomic E-state index is 8.73. The number of nitrogens with zero attached hydrogens (tertiary/aromatic N) is 2. The van der Waals surface area contributed by atoms with E-state index < -0.39 is 10.2 Å². The van der Waals surface area contributed by atoms with Gasteiger partial charge in [0.2, 0.25) is 17.5 Å². The van der Waals surface area contributed by atoms with Crippen LogP contribution in [0.5, 0.6) is 0 Å². The monoisotopic (exact) mass is 326 g/mol. The molecule has 22 heavy (non-hydrogen) atoms. The lowest BCUT2D eigenvalue weighted by Gasteiger charge is -2.17. The number of rotatable bonds is 1. The highest BCUT2D eigenvalue weighted by molar-refractivity contribution is 5.57. The van der Waals surface area contributed by atoms with Crippen LogP contribution < -0.4 is 23.4 Å². The average Bonchev–Trinajstić information content (AvgIpc) is 2.86. The molecule has 0 saturated carbocycles. The second-order valence-electron chi connectivity index (χ2n) is 5.34. The van der Waals surface area contributed by atoms with Crippen LogP contribution in [0.15, 0.2) is 41.1 Å². The summed E-state index contributed by atoms with van der Waals surface area (Å²) in [4.78, 5) is 0. The molecule has 1 heterocycles. The van der Waals surface area contributed by atoms with E-state index in [4.69, 9.17) is 28.4 Å². The Kier molecular flexibility index (Phi) is 5.65. The molecule has 118 valence electrons. The number of benzene rings is 1. The molecular formula is C14H15ClN2O5. The van der Waals surface area contributed by atoms with Crippen molar-refractivity contribution >= 4 is 0 Å². The summed E-state index contributed by atoms with van der Waals surface area (Å²) in [5.74, 6) is 0.810. The molecule has 1 aromatic carbocycles. The molecule has 0 bridgehead atoms. The fourth-order valence-corrected chi connectivity index (χ4v) is 1.52. The van der Waals surface area contributed by atoms with Gasteiger partial charge in [0, 0.05) is 26.3 Å². The molecule has 0 aliphatic heterocycles. The molecule has 0 aliphatic rings. The highest BCUT2D eigenvalue weighted by atomic mass is 35.7. The minimum Gasteiger partial charge on any atom is -0.236 e. The Labute approximate surface area is 130 Å². The van der Waals surface area contributed by atoms with Crippen molar-refractivity contribution in [1.82, 2.24) is 0 Å². The van der Waals surface area contributed by atoms with Gasteiger partial charge in [0.25, 0.3) is 0 Å². The van der Waals surface area contributed by atoms with E-state index in [1.807, 2.05) is 29.1 Å². The largest absolute Gasteiger partial charge is 0.236 e. The Bertz CT molecular complexity index is 642. The number of hydrogen-bond donors (Lipinski definition) is 0. The minimum absolute atomic E-state index is 0.0646. The summed E-state index contributed by atoms with van der Waals surface area (Å²) in [5.41, 5.74) is 1.57. The number of aromatic nitrogens is 1. The Morgan fingerprint density at radius 1 is 1.05 bits per heavy atom. The molecule has 2 rings (SSSR count). The lowest BCUT2D eigenvalue weighted by molar-refractivity contribution is -2.00. The van der Waals surface area contributed by atoms with E-state index in [0.29, 0.717) is 5.56 Å². The molecule has 0 saturated heterocycles. The molecule has 0 spiro atoms. The molecule has 0 N–H and O–H groups in total. The standard InChI is InChI=1S/C14H15N2O.ClHO4/c1-14(2,3)16-9-8-13(17-16)12-6-4-11(10-15)5-7-12;2-1(3,4)5/h4-9H,1-3H3;(H,2,3,4,5)/q+1;/p-1. The summed E-state index contributed by atoms with van der Waals surface area (Å²) in [6, 6.07) is 11.4. The van der Waals surface area contributed by atoms with Crippen molar-refractivity contribution in [2.24, 2.45) is 0 Å². The Hall–Kier alpha value is -1.95. The molecule has 0 radical (unpaired) electrons. The zero-order valence-corrected chi connectivity index (χ0v) is 13.0. The maximum Gasteiger partial charge on any atom is 0.221 e. The quantitative estimate of drug-likeness (QED) is 0.562. The normalized spacial score (nSPS) is 11.4. The Morgan fingerprint density at radius 2 is 1.55 bits per heavy atom. The second-order valence-corrected chi connectivity index (χ2v) is 6.09. The third-order valence-electron chi connectivity index (χ3n) is 2.52. The zero-order chi connectivity index (χ0) is 17.0. The van der Waals surface area contributed by atoms with Crippen molar-refractivity contribution in [2.75, 3.05) is 0 Å². The van der Waals surface area contributed by atoms with Crippen molar-refractivity contribution in [3.63, 3.8) is 0 Å². The van der Waals surface area contributed by atoms with Gasteiger partial charge in [0.15, 0.2) is 0 Å². The molecule has 0 amide bonds. The predicted octanol–water partition coefficient (Wildman–Crippen LogP) is -1.90. The van der Waals surface area contributed by atoms with Gasteiger partial charge in [-0.2, -0.15) is 5.26 Å². The predicted molar refractivity (Wildman–Crippen MR) is 64.1 cm³/mol. The smallest absolute Gasteiger partial charge is 0.221 e. The van der Waals surface area contributed by atoms with E-state index in [2.05, 4.69) is 26.8 Å². The van der Waals surface area contributed by atoms with E-state index in [1.54, 1.807) is 12.1 Å². The number of hydrogen-bond acceptors (Lipinski definition) is 6. The maximum absolute atomic E-state index is 8.73. The SMILES string of the molecule is CC(C)(C)[n+]1ccc(-c2ccc(C#N)cc2)o1.[O-][Cl+3]([O-])([O-])[O-]. The van der Waals surface area contributed by atoms with Gasteiger partial charge in [0.05, 0.1) is 17.7 Å². The molecule has 0 atom stereocenters. The molecule has 2 aromatic rings. The molecule has 7 nitrogen and oxygen atoms in total. The second kappa shape index (κ2) is 6.87. The van der Waals surface area contributed by atoms with E-state index in [-0.39, 0.29) is 5.54 Å². The first-order valence-electron chi connectivity index (χ1n) is 6.15. The molecule has 0 fully saturated rings. The summed E-state index contributed by atoms with van der Waals surface area (Å²) in [5, 5.41) is 8.73. The van der Waals surface area contributed by atoms with Crippen molar-refractivity contribution in [1.29, 1.82) is 5.26 Å². The Morgan fingerprint density at radius 3 is 1.91 bits per heavy atom. The van der Waals surface area contributed by atoms with Gasteiger partial charge in [0.1, 0.15) is 0 Å². The van der Waals surface area contributed by atoms with Crippen molar-refractivity contribution in [2.45, 2.75) is 26.3 Å². The third-order valence-corrected chi connectivity index (χ3v) is 2.52. The van der Waals surface area contributed by atoms with E-state index in [1.165, 1.54) is 0 Å². The summed E-state index contributed by atoms with van der Waals surface area (Å²) in [6.45, 7) is 6.25. The highest BCUT2D eigenvalue weighted by Gasteiger charge is 2.26. The van der Waals surface area contributed by atoms with Crippen LogP contribution in [0.25, 0.3) is 11.3 Å². The fourth-order valence-electron chi connectivity index (χ4n) is 1.52. The number of nitriles is 1. The zero-order valence-electron chi connectivity index (χ0n) is 12.3. The van der Waals surface area contributed by atoms with Crippen LogP contribution in [0.3, 0.4) is 0 Å². The first-order chi connectivity index (χ1) is 10.0. The molecule has 0 unspecified atom stereocenters. The molecular weight excluding hydrogens is 312 g/mol. The van der Waals surface area contributed by atoms with Gasteiger partial charge >= 0.3 is 0 Å². The van der Waals surface area contributed by atoms with Crippen LogP contribution in [0.1, 0.15) is 26.3 Å². The van der Waals surface area contributed by atoms with Gasteiger partial charge in [-0.3, -0.25) is 0 Å². The van der Waals surface area contributed by atoms with Crippen LogP contribution in [-0.2, 0) is 5.54 Å². The lowest BCUT2D eigenvalue weighted by Crippen LogP contribution is -2.68.